The van der Waals surface area contributed by atoms with Gasteiger partial charge in [0.1, 0.15) is 6.10 Å². The Morgan fingerprint density at radius 1 is 0.767 bits per heavy atom. The Kier molecular flexibility index (Phi) is 2.91. The van der Waals surface area contributed by atoms with Gasteiger partial charge in [-0.1, -0.05) is 91.0 Å². The van der Waals surface area contributed by atoms with Gasteiger partial charge in [-0.3, -0.25) is 4.79 Å². The summed E-state index contributed by atoms with van der Waals surface area (Å²) in [5, 5.41) is 0. The first kappa shape index (κ1) is 17.0. The van der Waals surface area contributed by atoms with Crippen LogP contribution in [-0.2, 0) is 20.4 Å². The Bertz CT molecular complexity index is 1170. The minimum Gasteiger partial charge on any atom is -0.361 e. The minimum absolute atomic E-state index is 0.226. The molecule has 2 heteroatoms. The lowest BCUT2D eigenvalue weighted by atomic mass is 9.60. The highest BCUT2D eigenvalue weighted by Gasteiger charge is 3.00. The van der Waals surface area contributed by atoms with E-state index in [1.807, 2.05) is 0 Å². The summed E-state index contributed by atoms with van der Waals surface area (Å²) in [5.74, 6) is 0.572. The Labute approximate surface area is 176 Å². The maximum absolute atomic E-state index is 13.8. The molecule has 4 aliphatic rings. The second-order valence-corrected chi connectivity index (χ2v) is 9.73. The fraction of sp³-hybridized carbons (Fsp3) is 0.321. The topological polar surface area (TPSA) is 26.3 Å². The fourth-order valence-electron chi connectivity index (χ4n) is 7.83. The molecule has 2 saturated carbocycles. The van der Waals surface area contributed by atoms with E-state index in [-0.39, 0.29) is 28.3 Å². The number of rotatable bonds is 3. The lowest BCUT2D eigenvalue weighted by molar-refractivity contribution is -0.126. The second kappa shape index (κ2) is 5.12. The molecule has 148 valence electrons. The van der Waals surface area contributed by atoms with Crippen molar-refractivity contribution in [1.29, 1.82) is 0 Å². The number of ketones is 1. The summed E-state index contributed by atoms with van der Waals surface area (Å²) in [6.45, 7) is 2.25. The smallest absolute Gasteiger partial charge is 0.171 e. The SMILES string of the molecule is C[C@@]12O[C@@H](C(=O)C13CC3)[C@]1(c3ccccc3)[C@@H](c3ccccc3)[C@@]12c1ccccc1. The first-order valence-corrected chi connectivity index (χ1v) is 11.0. The van der Waals surface area contributed by atoms with Crippen molar-refractivity contribution in [2.24, 2.45) is 5.41 Å². The molecule has 30 heavy (non-hydrogen) atoms. The Hall–Kier alpha value is -2.71. The maximum atomic E-state index is 13.8. The molecule has 7 rings (SSSR count). The minimum atomic E-state index is -0.487. The molecule has 2 nitrogen and oxygen atoms in total. The molecule has 3 aromatic carbocycles. The van der Waals surface area contributed by atoms with Gasteiger partial charge in [-0.05, 0) is 36.5 Å². The van der Waals surface area contributed by atoms with E-state index in [2.05, 4.69) is 97.9 Å². The van der Waals surface area contributed by atoms with Crippen LogP contribution in [0.5, 0.6) is 0 Å². The van der Waals surface area contributed by atoms with Crippen molar-refractivity contribution < 1.29 is 9.53 Å². The third-order valence-corrected chi connectivity index (χ3v) is 8.96. The Balaban J connectivity index is 1.60. The van der Waals surface area contributed by atoms with Crippen molar-refractivity contribution in [3.05, 3.63) is 108 Å². The lowest BCUT2D eigenvalue weighted by Gasteiger charge is -2.40. The number of Topliss-reactive ketones (excluding diaryl/α,β-unsaturated/α-hetero) is 1. The predicted octanol–water partition coefficient (Wildman–Crippen LogP) is 5.18. The molecule has 0 unspecified atom stereocenters. The van der Waals surface area contributed by atoms with Gasteiger partial charge < -0.3 is 4.74 Å². The molecule has 2 heterocycles. The van der Waals surface area contributed by atoms with Crippen LogP contribution in [0.2, 0.25) is 0 Å². The third kappa shape index (κ3) is 1.48. The van der Waals surface area contributed by atoms with Crippen LogP contribution < -0.4 is 0 Å². The number of hydrogen-bond donors (Lipinski definition) is 0. The molecular weight excluding hydrogens is 368 g/mol. The first-order chi connectivity index (χ1) is 14.6. The summed E-state index contributed by atoms with van der Waals surface area (Å²) in [7, 11) is 0. The molecule has 2 bridgehead atoms. The van der Waals surface area contributed by atoms with E-state index in [0.717, 1.165) is 12.8 Å². The number of ether oxygens (including phenoxy) is 1. The van der Waals surface area contributed by atoms with Crippen molar-refractivity contribution >= 4 is 5.78 Å². The summed E-state index contributed by atoms with van der Waals surface area (Å²) in [5.41, 5.74) is 2.48. The second-order valence-electron chi connectivity index (χ2n) is 9.73. The van der Waals surface area contributed by atoms with Gasteiger partial charge in [0.25, 0.3) is 0 Å². The van der Waals surface area contributed by atoms with Crippen molar-refractivity contribution in [2.75, 3.05) is 0 Å². The summed E-state index contributed by atoms with van der Waals surface area (Å²) in [6.07, 6.45) is 1.54. The van der Waals surface area contributed by atoms with E-state index in [1.54, 1.807) is 0 Å². The highest BCUT2D eigenvalue weighted by molar-refractivity contribution is 6.02. The molecule has 2 aliphatic heterocycles. The molecule has 3 aromatic rings. The molecule has 0 amide bonds. The van der Waals surface area contributed by atoms with E-state index in [1.165, 1.54) is 16.7 Å². The van der Waals surface area contributed by atoms with E-state index in [4.69, 9.17) is 4.74 Å². The molecule has 2 saturated heterocycles. The van der Waals surface area contributed by atoms with Crippen molar-refractivity contribution in [3.8, 4) is 0 Å². The summed E-state index contributed by atoms with van der Waals surface area (Å²) in [6, 6.07) is 32.4. The van der Waals surface area contributed by atoms with Gasteiger partial charge in [-0.2, -0.15) is 0 Å². The standard InChI is InChI=1S/C28H24O2/c1-25-26(17-18-26)23(29)24(30-25)27(20-13-7-3-8-14-20)22(19-11-5-2-6-12-19)28(25,27)21-15-9-4-10-16-21/h2-16,22,24H,17-18H2,1H3/t22-,24+,25-,27+,28-/m1/s1. The van der Waals surface area contributed by atoms with E-state index < -0.39 is 5.60 Å². The zero-order valence-electron chi connectivity index (χ0n) is 17.0. The molecule has 5 atom stereocenters. The third-order valence-electron chi connectivity index (χ3n) is 8.96. The number of carbonyl (C=O) groups is 1. The van der Waals surface area contributed by atoms with Gasteiger partial charge in [0.2, 0.25) is 0 Å². The molecule has 0 aromatic heterocycles. The largest absolute Gasteiger partial charge is 0.361 e. The van der Waals surface area contributed by atoms with Crippen LogP contribution in [0.4, 0.5) is 0 Å². The molecule has 0 radical (unpaired) electrons. The number of benzene rings is 3. The Morgan fingerprint density at radius 3 is 1.87 bits per heavy atom. The molecular formula is C28H24O2. The van der Waals surface area contributed by atoms with Gasteiger partial charge in [-0.25, -0.2) is 0 Å². The molecule has 2 aliphatic carbocycles. The zero-order valence-corrected chi connectivity index (χ0v) is 17.0. The van der Waals surface area contributed by atoms with Gasteiger partial charge in [0, 0.05) is 16.7 Å². The van der Waals surface area contributed by atoms with Gasteiger partial charge >= 0.3 is 0 Å². The molecule has 0 N–H and O–H groups in total. The van der Waals surface area contributed by atoms with Crippen LogP contribution in [0.25, 0.3) is 0 Å². The Morgan fingerprint density at radius 2 is 1.30 bits per heavy atom. The fourth-order valence-corrected chi connectivity index (χ4v) is 7.83. The normalized spacial score (nSPS) is 39.2. The number of fused-ring (bicyclic) bond motifs is 6. The average Bonchev–Trinajstić information content (AvgIpc) is 3.69. The summed E-state index contributed by atoms with van der Waals surface area (Å²) < 4.78 is 6.83. The summed E-state index contributed by atoms with van der Waals surface area (Å²) >= 11 is 0. The highest BCUT2D eigenvalue weighted by atomic mass is 16.5. The number of hydrogen-bond acceptors (Lipinski definition) is 2. The zero-order chi connectivity index (χ0) is 20.2. The molecule has 1 spiro atoms. The quantitative estimate of drug-likeness (QED) is 0.614. The van der Waals surface area contributed by atoms with Crippen LogP contribution in [-0.4, -0.2) is 17.5 Å². The average molecular weight is 392 g/mol. The first-order valence-electron chi connectivity index (χ1n) is 11.0. The van der Waals surface area contributed by atoms with Gasteiger partial charge in [-0.15, -0.1) is 0 Å². The maximum Gasteiger partial charge on any atom is 0.171 e. The van der Waals surface area contributed by atoms with Crippen LogP contribution in [0.3, 0.4) is 0 Å². The number of carbonyl (C=O) groups excluding carboxylic acids is 1. The van der Waals surface area contributed by atoms with Crippen molar-refractivity contribution in [3.63, 3.8) is 0 Å². The van der Waals surface area contributed by atoms with Crippen LogP contribution in [0.15, 0.2) is 91.0 Å². The molecule has 4 fully saturated rings. The summed E-state index contributed by atoms with van der Waals surface area (Å²) in [4.78, 5) is 13.8. The van der Waals surface area contributed by atoms with Gasteiger partial charge in [0.15, 0.2) is 5.78 Å². The van der Waals surface area contributed by atoms with Crippen LogP contribution in [0, 0.1) is 5.41 Å². The van der Waals surface area contributed by atoms with E-state index in [0.29, 0.717) is 5.78 Å². The van der Waals surface area contributed by atoms with E-state index in [9.17, 15) is 4.79 Å². The van der Waals surface area contributed by atoms with Crippen LogP contribution in [0.1, 0.15) is 42.4 Å². The monoisotopic (exact) mass is 392 g/mol. The van der Waals surface area contributed by atoms with Crippen LogP contribution >= 0.6 is 0 Å². The van der Waals surface area contributed by atoms with Crippen molar-refractivity contribution in [1.82, 2.24) is 0 Å². The highest BCUT2D eigenvalue weighted by Crippen LogP contribution is 2.92. The van der Waals surface area contributed by atoms with Crippen molar-refractivity contribution in [2.45, 2.75) is 48.2 Å². The van der Waals surface area contributed by atoms with E-state index >= 15 is 0 Å². The van der Waals surface area contributed by atoms with Gasteiger partial charge in [0.05, 0.1) is 11.0 Å². The predicted molar refractivity (Wildman–Crippen MR) is 115 cm³/mol. The lowest BCUT2D eigenvalue weighted by Crippen LogP contribution is -2.52.